The van der Waals surface area contributed by atoms with Crippen LogP contribution in [-0.4, -0.2) is 30.5 Å². The van der Waals surface area contributed by atoms with Crippen molar-refractivity contribution in [2.24, 2.45) is 0 Å². The standard InChI is InChI=1S/C12H15FO3S/c1-16-5-2-6-17-8-9-7-10(13)3-4-11(9)12(14)15/h3-4,7H,2,5-6,8H2,1H3,(H,14,15). The quantitative estimate of drug-likeness (QED) is 0.764. The fourth-order valence-corrected chi connectivity index (χ4v) is 2.30. The fraction of sp³-hybridized carbons (Fsp3) is 0.417. The van der Waals surface area contributed by atoms with Crippen LogP contribution in [0.3, 0.4) is 0 Å². The Morgan fingerprint density at radius 3 is 2.94 bits per heavy atom. The summed E-state index contributed by atoms with van der Waals surface area (Å²) in [6.45, 7) is 0.682. The van der Waals surface area contributed by atoms with Gasteiger partial charge in [0.15, 0.2) is 0 Å². The lowest BCUT2D eigenvalue weighted by molar-refractivity contribution is 0.0696. The SMILES string of the molecule is COCCCSCc1cc(F)ccc1C(=O)O. The normalized spacial score (nSPS) is 10.5. The number of rotatable bonds is 7. The van der Waals surface area contributed by atoms with Crippen LogP contribution in [0.15, 0.2) is 18.2 Å². The molecule has 94 valence electrons. The smallest absolute Gasteiger partial charge is 0.335 e. The molecule has 5 heteroatoms. The number of carboxylic acid groups (broad SMARTS) is 1. The molecule has 0 fully saturated rings. The maximum atomic E-state index is 13.0. The number of carbonyl (C=O) groups is 1. The number of hydrogen-bond acceptors (Lipinski definition) is 3. The highest BCUT2D eigenvalue weighted by molar-refractivity contribution is 7.98. The van der Waals surface area contributed by atoms with Crippen LogP contribution in [-0.2, 0) is 10.5 Å². The summed E-state index contributed by atoms with van der Waals surface area (Å²) in [7, 11) is 1.64. The molecule has 0 aromatic heterocycles. The summed E-state index contributed by atoms with van der Waals surface area (Å²) in [6.07, 6.45) is 0.902. The maximum Gasteiger partial charge on any atom is 0.335 e. The zero-order valence-corrected chi connectivity index (χ0v) is 10.4. The van der Waals surface area contributed by atoms with Crippen LogP contribution in [0.25, 0.3) is 0 Å². The Bertz CT molecular complexity index is 382. The van der Waals surface area contributed by atoms with E-state index in [2.05, 4.69) is 0 Å². The lowest BCUT2D eigenvalue weighted by atomic mass is 10.1. The van der Waals surface area contributed by atoms with Gasteiger partial charge in [-0.25, -0.2) is 9.18 Å². The van der Waals surface area contributed by atoms with E-state index in [0.29, 0.717) is 17.9 Å². The Kier molecular flexibility index (Phi) is 6.00. The van der Waals surface area contributed by atoms with Gasteiger partial charge in [0.25, 0.3) is 0 Å². The molecule has 1 N–H and O–H groups in total. The Morgan fingerprint density at radius 1 is 1.53 bits per heavy atom. The van der Waals surface area contributed by atoms with Crippen LogP contribution in [0.2, 0.25) is 0 Å². The third-order valence-corrected chi connectivity index (χ3v) is 3.28. The third kappa shape index (κ3) is 4.75. The van der Waals surface area contributed by atoms with E-state index in [1.54, 1.807) is 18.9 Å². The first-order valence-electron chi connectivity index (χ1n) is 5.23. The highest BCUT2D eigenvalue weighted by Crippen LogP contribution is 2.18. The van der Waals surface area contributed by atoms with E-state index >= 15 is 0 Å². The molecule has 3 nitrogen and oxygen atoms in total. The first-order chi connectivity index (χ1) is 8.15. The van der Waals surface area contributed by atoms with E-state index < -0.39 is 11.8 Å². The van der Waals surface area contributed by atoms with Gasteiger partial charge in [-0.3, -0.25) is 0 Å². The molecule has 0 radical (unpaired) electrons. The van der Waals surface area contributed by atoms with Crippen LogP contribution < -0.4 is 0 Å². The summed E-state index contributed by atoms with van der Waals surface area (Å²) in [5, 5.41) is 8.95. The highest BCUT2D eigenvalue weighted by Gasteiger charge is 2.10. The topological polar surface area (TPSA) is 46.5 Å². The summed E-state index contributed by atoms with van der Waals surface area (Å²) in [6, 6.07) is 3.76. The number of ether oxygens (including phenoxy) is 1. The van der Waals surface area contributed by atoms with Crippen molar-refractivity contribution in [1.29, 1.82) is 0 Å². The first-order valence-corrected chi connectivity index (χ1v) is 6.39. The summed E-state index contributed by atoms with van der Waals surface area (Å²) in [5.74, 6) is -0.0491. The van der Waals surface area contributed by atoms with E-state index in [9.17, 15) is 9.18 Å². The van der Waals surface area contributed by atoms with E-state index in [-0.39, 0.29) is 5.56 Å². The van der Waals surface area contributed by atoms with Crippen molar-refractivity contribution >= 4 is 17.7 Å². The number of carboxylic acids is 1. The van der Waals surface area contributed by atoms with Crippen molar-refractivity contribution in [1.82, 2.24) is 0 Å². The van der Waals surface area contributed by atoms with Crippen molar-refractivity contribution in [3.63, 3.8) is 0 Å². The summed E-state index contributed by atoms with van der Waals surface area (Å²) >= 11 is 1.58. The van der Waals surface area contributed by atoms with Gasteiger partial charge in [0.1, 0.15) is 5.82 Å². The third-order valence-electron chi connectivity index (χ3n) is 2.19. The second-order valence-corrected chi connectivity index (χ2v) is 4.61. The predicted octanol–water partition coefficient (Wildman–Crippen LogP) is 2.79. The van der Waals surface area contributed by atoms with Gasteiger partial charge in [0.05, 0.1) is 5.56 Å². The van der Waals surface area contributed by atoms with E-state index in [0.717, 1.165) is 12.2 Å². The van der Waals surface area contributed by atoms with Crippen molar-refractivity contribution in [2.45, 2.75) is 12.2 Å². The average molecular weight is 258 g/mol. The van der Waals surface area contributed by atoms with Gasteiger partial charge in [-0.05, 0) is 35.9 Å². The Morgan fingerprint density at radius 2 is 2.29 bits per heavy atom. The highest BCUT2D eigenvalue weighted by atomic mass is 32.2. The molecule has 0 heterocycles. The molecule has 0 atom stereocenters. The first kappa shape index (κ1) is 14.0. The zero-order valence-electron chi connectivity index (χ0n) is 9.61. The maximum absolute atomic E-state index is 13.0. The zero-order chi connectivity index (χ0) is 12.7. The molecule has 17 heavy (non-hydrogen) atoms. The largest absolute Gasteiger partial charge is 0.478 e. The average Bonchev–Trinajstić information content (AvgIpc) is 2.28. The molecule has 1 aromatic rings. The second kappa shape index (κ2) is 7.29. The number of aromatic carboxylic acids is 1. The lowest BCUT2D eigenvalue weighted by Gasteiger charge is -2.06. The van der Waals surface area contributed by atoms with Crippen molar-refractivity contribution in [3.8, 4) is 0 Å². The molecular formula is C12H15FO3S. The molecule has 0 unspecified atom stereocenters. The van der Waals surface area contributed by atoms with Gasteiger partial charge in [-0.15, -0.1) is 0 Å². The van der Waals surface area contributed by atoms with Gasteiger partial charge in [0.2, 0.25) is 0 Å². The van der Waals surface area contributed by atoms with Gasteiger partial charge < -0.3 is 9.84 Å². The molecule has 0 saturated heterocycles. The van der Waals surface area contributed by atoms with Crippen molar-refractivity contribution in [2.75, 3.05) is 19.5 Å². The second-order valence-electron chi connectivity index (χ2n) is 3.51. The minimum atomic E-state index is -1.02. The van der Waals surface area contributed by atoms with Crippen LogP contribution >= 0.6 is 11.8 Å². The van der Waals surface area contributed by atoms with E-state index in [4.69, 9.17) is 9.84 Å². The summed E-state index contributed by atoms with van der Waals surface area (Å²) < 4.78 is 17.9. The Labute approximate surface area is 104 Å². The summed E-state index contributed by atoms with van der Waals surface area (Å²) in [4.78, 5) is 10.9. The van der Waals surface area contributed by atoms with Gasteiger partial charge in [0, 0.05) is 19.5 Å². The molecule has 0 bridgehead atoms. The molecule has 0 spiro atoms. The molecule has 0 amide bonds. The minimum Gasteiger partial charge on any atom is -0.478 e. The number of hydrogen-bond donors (Lipinski definition) is 1. The molecule has 0 aliphatic heterocycles. The fourth-order valence-electron chi connectivity index (χ4n) is 1.38. The van der Waals surface area contributed by atoms with Crippen molar-refractivity contribution in [3.05, 3.63) is 35.1 Å². The van der Waals surface area contributed by atoms with Crippen LogP contribution in [0.5, 0.6) is 0 Å². The Hall–Kier alpha value is -1.07. The molecule has 0 aliphatic rings. The molecule has 0 aliphatic carbocycles. The number of benzene rings is 1. The van der Waals surface area contributed by atoms with Crippen LogP contribution in [0, 0.1) is 5.82 Å². The number of halogens is 1. The lowest BCUT2D eigenvalue weighted by Crippen LogP contribution is -2.02. The molecule has 1 rings (SSSR count). The van der Waals surface area contributed by atoms with Crippen LogP contribution in [0.4, 0.5) is 4.39 Å². The van der Waals surface area contributed by atoms with Gasteiger partial charge in [-0.2, -0.15) is 11.8 Å². The minimum absolute atomic E-state index is 0.172. The number of thioether (sulfide) groups is 1. The van der Waals surface area contributed by atoms with Gasteiger partial charge in [-0.1, -0.05) is 0 Å². The predicted molar refractivity (Wildman–Crippen MR) is 66.0 cm³/mol. The summed E-state index contributed by atoms with van der Waals surface area (Å²) in [5.41, 5.74) is 0.700. The molecule has 1 aromatic carbocycles. The van der Waals surface area contributed by atoms with Crippen LogP contribution in [0.1, 0.15) is 22.3 Å². The van der Waals surface area contributed by atoms with E-state index in [1.165, 1.54) is 18.2 Å². The van der Waals surface area contributed by atoms with Crippen molar-refractivity contribution < 1.29 is 19.0 Å². The van der Waals surface area contributed by atoms with E-state index in [1.807, 2.05) is 0 Å². The molecular weight excluding hydrogens is 243 g/mol. The monoisotopic (exact) mass is 258 g/mol. The Balaban J connectivity index is 2.56. The number of methoxy groups -OCH3 is 1. The van der Waals surface area contributed by atoms with Gasteiger partial charge >= 0.3 is 5.97 Å². The molecule has 0 saturated carbocycles.